The molecule has 0 aliphatic carbocycles. The molecule has 0 fully saturated rings. The maximum atomic E-state index is 9.38. The van der Waals surface area contributed by atoms with E-state index >= 15 is 0 Å². The number of hydrogen-bond donors (Lipinski definition) is 0. The summed E-state index contributed by atoms with van der Waals surface area (Å²) in [6, 6.07) is 37.6. The molecule has 4 aromatic carbocycles. The first-order chi connectivity index (χ1) is 17.5. The summed E-state index contributed by atoms with van der Waals surface area (Å²) in [6.45, 7) is 4.52. The predicted molar refractivity (Wildman–Crippen MR) is 146 cm³/mol. The van der Waals surface area contributed by atoms with Crippen molar-refractivity contribution in [3.8, 4) is 39.7 Å². The fourth-order valence-electron chi connectivity index (χ4n) is 4.87. The average molecular weight is 482 g/mol. The Kier molecular flexibility index (Phi) is 5.44. The Hall–Kier alpha value is -4.20. The van der Waals surface area contributed by atoms with Gasteiger partial charge in [0.15, 0.2) is 0 Å². The third-order valence-corrected chi connectivity index (χ3v) is 8.00. The van der Waals surface area contributed by atoms with E-state index in [1.807, 2.05) is 54.6 Å². The van der Waals surface area contributed by atoms with Gasteiger partial charge in [0.2, 0.25) is 0 Å². The molecule has 1 aliphatic heterocycles. The van der Waals surface area contributed by atoms with Crippen molar-refractivity contribution < 1.29 is 0 Å². The third-order valence-electron chi connectivity index (χ3n) is 6.88. The van der Waals surface area contributed by atoms with Crippen LogP contribution in [0.25, 0.3) is 33.6 Å². The minimum absolute atomic E-state index is 0.125. The van der Waals surface area contributed by atoms with E-state index in [0.717, 1.165) is 38.5 Å². The van der Waals surface area contributed by atoms with Crippen molar-refractivity contribution in [3.63, 3.8) is 0 Å². The normalized spacial score (nSPS) is 13.4. The highest BCUT2D eigenvalue weighted by Crippen LogP contribution is 2.50. The molecular formula is C32H23N3S. The Morgan fingerprint density at radius 3 is 1.94 bits per heavy atom. The van der Waals surface area contributed by atoms with Crippen LogP contribution in [0.1, 0.15) is 30.5 Å². The van der Waals surface area contributed by atoms with Gasteiger partial charge in [0.25, 0.3) is 0 Å². The highest BCUT2D eigenvalue weighted by Gasteiger charge is 2.33. The summed E-state index contributed by atoms with van der Waals surface area (Å²) >= 11 is 1.75. The highest BCUT2D eigenvalue weighted by atomic mass is 32.2. The van der Waals surface area contributed by atoms with E-state index in [9.17, 15) is 5.26 Å². The van der Waals surface area contributed by atoms with Crippen LogP contribution in [0.3, 0.4) is 0 Å². The molecule has 0 atom stereocenters. The summed E-state index contributed by atoms with van der Waals surface area (Å²) in [5.41, 5.74) is 9.26. The smallest absolute Gasteiger partial charge is 0.0992 e. The van der Waals surface area contributed by atoms with Gasteiger partial charge < -0.3 is 0 Å². The first kappa shape index (κ1) is 22.3. The van der Waals surface area contributed by atoms with Gasteiger partial charge in [0, 0.05) is 26.3 Å². The number of nitriles is 1. The summed E-state index contributed by atoms with van der Waals surface area (Å²) < 4.78 is 0. The summed E-state index contributed by atoms with van der Waals surface area (Å²) in [7, 11) is 0. The van der Waals surface area contributed by atoms with Gasteiger partial charge in [0.1, 0.15) is 0 Å². The lowest BCUT2D eigenvalue weighted by atomic mass is 9.77. The molecule has 0 N–H and O–H groups in total. The van der Waals surface area contributed by atoms with Crippen molar-refractivity contribution in [1.82, 2.24) is 10.2 Å². The molecule has 0 bridgehead atoms. The lowest BCUT2D eigenvalue weighted by molar-refractivity contribution is 0.607. The number of rotatable bonds is 3. The molecule has 0 radical (unpaired) electrons. The van der Waals surface area contributed by atoms with E-state index in [1.54, 1.807) is 11.8 Å². The molecule has 0 saturated carbocycles. The third kappa shape index (κ3) is 3.88. The first-order valence-corrected chi connectivity index (χ1v) is 12.7. The average Bonchev–Trinajstić information content (AvgIpc) is 2.93. The summed E-state index contributed by atoms with van der Waals surface area (Å²) in [4.78, 5) is 2.39. The molecule has 4 heteroatoms. The van der Waals surface area contributed by atoms with Gasteiger partial charge in [-0.25, -0.2) is 0 Å². The van der Waals surface area contributed by atoms with Crippen molar-refractivity contribution in [2.45, 2.75) is 29.1 Å². The van der Waals surface area contributed by atoms with Gasteiger partial charge in [-0.15, -0.1) is 10.2 Å². The fourth-order valence-corrected chi connectivity index (χ4v) is 6.34. The van der Waals surface area contributed by atoms with Crippen molar-refractivity contribution in [2.75, 3.05) is 0 Å². The van der Waals surface area contributed by atoms with E-state index < -0.39 is 0 Å². The molecule has 0 amide bonds. The Balaban J connectivity index is 1.34. The zero-order valence-corrected chi connectivity index (χ0v) is 20.9. The van der Waals surface area contributed by atoms with Crippen LogP contribution in [0.15, 0.2) is 113 Å². The van der Waals surface area contributed by atoms with E-state index in [-0.39, 0.29) is 5.41 Å². The number of aromatic nitrogens is 2. The largest absolute Gasteiger partial charge is 0.192 e. The molecule has 2 heterocycles. The van der Waals surface area contributed by atoms with Gasteiger partial charge in [0.05, 0.1) is 23.0 Å². The van der Waals surface area contributed by atoms with Crippen LogP contribution in [0.4, 0.5) is 0 Å². The van der Waals surface area contributed by atoms with Crippen LogP contribution in [-0.4, -0.2) is 10.2 Å². The molecule has 0 spiro atoms. The SMILES string of the molecule is CC1(C)c2ccc(C#N)cc2Sc2cc(-c3cccc(-c4ccc(-c5ccccc5)nn4)c3)ccc21. The fraction of sp³-hybridized carbons (Fsp3) is 0.0938. The topological polar surface area (TPSA) is 49.6 Å². The molecule has 1 aliphatic rings. The Labute approximate surface area is 215 Å². The summed E-state index contributed by atoms with van der Waals surface area (Å²) in [5.74, 6) is 0. The molecule has 5 aromatic rings. The molecule has 6 rings (SSSR count). The second-order valence-corrected chi connectivity index (χ2v) is 10.6. The van der Waals surface area contributed by atoms with Crippen LogP contribution in [-0.2, 0) is 5.41 Å². The number of nitrogens with zero attached hydrogens (tertiary/aromatic N) is 3. The van der Waals surface area contributed by atoms with Crippen LogP contribution < -0.4 is 0 Å². The van der Waals surface area contributed by atoms with Crippen LogP contribution in [0.5, 0.6) is 0 Å². The Bertz CT molecular complexity index is 1630. The highest BCUT2D eigenvalue weighted by molar-refractivity contribution is 7.99. The van der Waals surface area contributed by atoms with E-state index in [2.05, 4.69) is 78.6 Å². The maximum Gasteiger partial charge on any atom is 0.0992 e. The number of hydrogen-bond acceptors (Lipinski definition) is 4. The molecule has 0 unspecified atom stereocenters. The quantitative estimate of drug-likeness (QED) is 0.261. The second kappa shape index (κ2) is 8.78. The van der Waals surface area contributed by atoms with Gasteiger partial charge in [-0.05, 0) is 58.7 Å². The zero-order chi connectivity index (χ0) is 24.7. The van der Waals surface area contributed by atoms with Crippen molar-refractivity contribution >= 4 is 11.8 Å². The lowest BCUT2D eigenvalue weighted by Gasteiger charge is -2.35. The van der Waals surface area contributed by atoms with E-state index in [0.29, 0.717) is 5.56 Å². The van der Waals surface area contributed by atoms with Crippen molar-refractivity contribution in [3.05, 3.63) is 120 Å². The first-order valence-electron chi connectivity index (χ1n) is 11.9. The van der Waals surface area contributed by atoms with E-state index in [4.69, 9.17) is 0 Å². The molecule has 36 heavy (non-hydrogen) atoms. The molecular weight excluding hydrogens is 458 g/mol. The Morgan fingerprint density at radius 2 is 1.22 bits per heavy atom. The molecule has 172 valence electrons. The van der Waals surface area contributed by atoms with E-state index in [1.165, 1.54) is 16.0 Å². The van der Waals surface area contributed by atoms with Gasteiger partial charge in [-0.1, -0.05) is 92.3 Å². The maximum absolute atomic E-state index is 9.38. The van der Waals surface area contributed by atoms with Gasteiger partial charge >= 0.3 is 0 Å². The van der Waals surface area contributed by atoms with Crippen LogP contribution in [0.2, 0.25) is 0 Å². The lowest BCUT2D eigenvalue weighted by Crippen LogP contribution is -2.23. The molecule has 1 aromatic heterocycles. The standard InChI is InChI=1S/C32H23N3S/c1-32(2)26-13-11-21(20-33)17-30(26)36-31-19-24(12-14-27(31)32)23-9-6-10-25(18-23)29-16-15-28(34-35-29)22-7-4-3-5-8-22/h3-19H,1-2H3. The van der Waals surface area contributed by atoms with Crippen molar-refractivity contribution in [2.24, 2.45) is 0 Å². The van der Waals surface area contributed by atoms with Gasteiger partial charge in [-0.2, -0.15) is 5.26 Å². The number of benzene rings is 4. The molecule has 3 nitrogen and oxygen atoms in total. The minimum Gasteiger partial charge on any atom is -0.192 e. The van der Waals surface area contributed by atoms with Crippen LogP contribution >= 0.6 is 11.8 Å². The predicted octanol–water partition coefficient (Wildman–Crippen LogP) is 8.14. The molecule has 0 saturated heterocycles. The monoisotopic (exact) mass is 481 g/mol. The number of fused-ring (bicyclic) bond motifs is 2. The zero-order valence-electron chi connectivity index (χ0n) is 20.1. The minimum atomic E-state index is -0.125. The Morgan fingerprint density at radius 1 is 0.611 bits per heavy atom. The summed E-state index contributed by atoms with van der Waals surface area (Å²) in [6.07, 6.45) is 0. The second-order valence-electron chi connectivity index (χ2n) is 9.51. The van der Waals surface area contributed by atoms with Crippen LogP contribution in [0, 0.1) is 11.3 Å². The van der Waals surface area contributed by atoms with Crippen molar-refractivity contribution in [1.29, 1.82) is 5.26 Å². The van der Waals surface area contributed by atoms with Gasteiger partial charge in [-0.3, -0.25) is 0 Å². The summed E-state index contributed by atoms with van der Waals surface area (Å²) in [5, 5.41) is 18.4.